The van der Waals surface area contributed by atoms with E-state index < -0.39 is 0 Å². The molecule has 0 fully saturated rings. The quantitative estimate of drug-likeness (QED) is 0.377. The lowest BCUT2D eigenvalue weighted by Crippen LogP contribution is -2.15. The molecule has 0 aliphatic heterocycles. The van der Waals surface area contributed by atoms with Crippen LogP contribution in [0.25, 0.3) is 0 Å². The van der Waals surface area contributed by atoms with Crippen LogP contribution in [0.3, 0.4) is 0 Å². The van der Waals surface area contributed by atoms with Crippen LogP contribution in [0.15, 0.2) is 24.0 Å². The Labute approximate surface area is 68.7 Å². The molecule has 0 bridgehead atoms. The molecule has 0 aliphatic carbocycles. The summed E-state index contributed by atoms with van der Waals surface area (Å²) in [4.78, 5) is 4.73. The molecule has 0 aromatic carbocycles. The van der Waals surface area contributed by atoms with Crippen molar-refractivity contribution in [2.45, 2.75) is 27.7 Å². The molecule has 0 aromatic heterocycles. The third kappa shape index (κ3) is 3.83. The fourth-order valence-electron chi connectivity index (χ4n) is 0.650. The van der Waals surface area contributed by atoms with Crippen molar-refractivity contribution in [3.05, 3.63) is 24.0 Å². The second kappa shape index (κ2) is 4.19. The maximum atomic E-state index is 5.10. The minimum absolute atomic E-state index is 0.0196. The van der Waals surface area contributed by atoms with Gasteiger partial charge >= 0.3 is 0 Å². The van der Waals surface area contributed by atoms with E-state index in [9.17, 15) is 0 Å². The molecule has 0 spiro atoms. The average Bonchev–Trinajstić information content (AvgIpc) is 1.87. The van der Waals surface area contributed by atoms with Gasteiger partial charge in [0.25, 0.3) is 0 Å². The van der Waals surface area contributed by atoms with Gasteiger partial charge in [0.1, 0.15) is 5.76 Å². The number of rotatable bonds is 2. The van der Waals surface area contributed by atoms with Gasteiger partial charge in [0, 0.05) is 5.41 Å². The second-order valence-electron chi connectivity index (χ2n) is 3.42. The van der Waals surface area contributed by atoms with Crippen LogP contribution >= 0.6 is 0 Å². The first-order valence-electron chi connectivity index (χ1n) is 3.72. The van der Waals surface area contributed by atoms with Crippen molar-refractivity contribution in [2.75, 3.05) is 0 Å². The first-order chi connectivity index (χ1) is 5.02. The van der Waals surface area contributed by atoms with Crippen LogP contribution in [0.5, 0.6) is 0 Å². The highest BCUT2D eigenvalue weighted by Gasteiger charge is 2.17. The SMILES string of the molecule is C/C=C\C=C(/ON)C(C)(C)C. The van der Waals surface area contributed by atoms with E-state index in [1.807, 2.05) is 25.2 Å². The summed E-state index contributed by atoms with van der Waals surface area (Å²) in [5, 5.41) is 0. The lowest BCUT2D eigenvalue weighted by atomic mass is 9.93. The van der Waals surface area contributed by atoms with Crippen LogP contribution in [-0.2, 0) is 4.84 Å². The predicted molar refractivity (Wildman–Crippen MR) is 47.6 cm³/mol. The smallest absolute Gasteiger partial charge is 0.129 e. The van der Waals surface area contributed by atoms with Gasteiger partial charge in [-0.05, 0) is 13.0 Å². The molecule has 0 heterocycles. The molecule has 0 aliphatic rings. The number of hydrogen-bond acceptors (Lipinski definition) is 2. The van der Waals surface area contributed by atoms with E-state index in [-0.39, 0.29) is 5.41 Å². The molecule has 0 rings (SSSR count). The Bertz CT molecular complexity index is 163. The normalized spacial score (nSPS) is 14.1. The van der Waals surface area contributed by atoms with Gasteiger partial charge in [-0.1, -0.05) is 32.9 Å². The lowest BCUT2D eigenvalue weighted by Gasteiger charge is -2.19. The fourth-order valence-corrected chi connectivity index (χ4v) is 0.650. The Morgan fingerprint density at radius 1 is 1.36 bits per heavy atom. The number of hydrogen-bond donors (Lipinski definition) is 1. The molecule has 11 heavy (non-hydrogen) atoms. The number of allylic oxidation sites excluding steroid dienone is 4. The van der Waals surface area contributed by atoms with Crippen LogP contribution in [0, 0.1) is 5.41 Å². The monoisotopic (exact) mass is 155 g/mol. The summed E-state index contributed by atoms with van der Waals surface area (Å²) < 4.78 is 0. The molecule has 0 aromatic rings. The summed E-state index contributed by atoms with van der Waals surface area (Å²) in [6.45, 7) is 8.10. The summed E-state index contributed by atoms with van der Waals surface area (Å²) in [5.74, 6) is 5.89. The molecule has 2 N–H and O–H groups in total. The van der Waals surface area contributed by atoms with Crippen molar-refractivity contribution in [1.82, 2.24) is 0 Å². The molecule has 0 saturated heterocycles. The van der Waals surface area contributed by atoms with Crippen LogP contribution in [0.4, 0.5) is 0 Å². The zero-order chi connectivity index (χ0) is 8.91. The van der Waals surface area contributed by atoms with Crippen molar-refractivity contribution in [1.29, 1.82) is 0 Å². The maximum absolute atomic E-state index is 5.10. The van der Waals surface area contributed by atoms with Crippen molar-refractivity contribution in [3.63, 3.8) is 0 Å². The summed E-state index contributed by atoms with van der Waals surface area (Å²) in [7, 11) is 0. The summed E-state index contributed by atoms with van der Waals surface area (Å²) >= 11 is 0. The van der Waals surface area contributed by atoms with Crippen LogP contribution in [0.2, 0.25) is 0 Å². The van der Waals surface area contributed by atoms with E-state index in [1.54, 1.807) is 0 Å². The van der Waals surface area contributed by atoms with Crippen molar-refractivity contribution in [2.24, 2.45) is 11.3 Å². The Hall–Kier alpha value is -0.760. The van der Waals surface area contributed by atoms with Gasteiger partial charge in [-0.25, -0.2) is 0 Å². The van der Waals surface area contributed by atoms with Gasteiger partial charge in [0.15, 0.2) is 0 Å². The van der Waals surface area contributed by atoms with Gasteiger partial charge in [-0.15, -0.1) is 0 Å². The van der Waals surface area contributed by atoms with E-state index in [0.717, 1.165) is 5.76 Å². The zero-order valence-corrected chi connectivity index (χ0v) is 7.72. The van der Waals surface area contributed by atoms with E-state index in [0.29, 0.717) is 0 Å². The average molecular weight is 155 g/mol. The van der Waals surface area contributed by atoms with E-state index >= 15 is 0 Å². The van der Waals surface area contributed by atoms with Crippen molar-refractivity contribution < 1.29 is 4.84 Å². The first kappa shape index (κ1) is 10.2. The summed E-state index contributed by atoms with van der Waals surface area (Å²) in [6.07, 6.45) is 5.72. The molecule has 0 amide bonds. The molecular formula is C9H17NO. The fraction of sp³-hybridized carbons (Fsp3) is 0.556. The molecule has 2 nitrogen and oxygen atoms in total. The largest absolute Gasteiger partial charge is 0.415 e. The highest BCUT2D eigenvalue weighted by molar-refractivity contribution is 5.11. The Morgan fingerprint density at radius 3 is 2.18 bits per heavy atom. The molecule has 0 unspecified atom stereocenters. The minimum atomic E-state index is -0.0196. The second-order valence-corrected chi connectivity index (χ2v) is 3.42. The predicted octanol–water partition coefficient (Wildman–Crippen LogP) is 2.38. The third-order valence-corrected chi connectivity index (χ3v) is 1.31. The molecule has 64 valence electrons. The van der Waals surface area contributed by atoms with Crippen LogP contribution in [-0.4, -0.2) is 0 Å². The van der Waals surface area contributed by atoms with Gasteiger partial charge < -0.3 is 4.84 Å². The van der Waals surface area contributed by atoms with Gasteiger partial charge in [0.2, 0.25) is 0 Å². The summed E-state index contributed by atoms with van der Waals surface area (Å²) in [5.41, 5.74) is -0.0196. The standard InChI is InChI=1S/C9H17NO/c1-5-6-7-8(11-10)9(2,3)4/h5-7H,10H2,1-4H3/b6-5-,8-7-. The number of nitrogens with two attached hydrogens (primary N) is 1. The van der Waals surface area contributed by atoms with Crippen molar-refractivity contribution >= 4 is 0 Å². The molecule has 0 atom stereocenters. The topological polar surface area (TPSA) is 35.2 Å². The van der Waals surface area contributed by atoms with E-state index in [2.05, 4.69) is 20.8 Å². The lowest BCUT2D eigenvalue weighted by molar-refractivity contribution is 0.155. The van der Waals surface area contributed by atoms with Crippen LogP contribution in [0.1, 0.15) is 27.7 Å². The highest BCUT2D eigenvalue weighted by Crippen LogP contribution is 2.24. The summed E-state index contributed by atoms with van der Waals surface area (Å²) in [6, 6.07) is 0. The van der Waals surface area contributed by atoms with Crippen LogP contribution < -0.4 is 5.90 Å². The Morgan fingerprint density at radius 2 is 1.91 bits per heavy atom. The zero-order valence-electron chi connectivity index (χ0n) is 7.72. The van der Waals surface area contributed by atoms with E-state index in [1.165, 1.54) is 0 Å². The van der Waals surface area contributed by atoms with Gasteiger partial charge in [-0.3, -0.25) is 0 Å². The minimum Gasteiger partial charge on any atom is -0.415 e. The molecule has 0 saturated carbocycles. The molecule has 0 radical (unpaired) electrons. The van der Waals surface area contributed by atoms with Crippen molar-refractivity contribution in [3.8, 4) is 0 Å². The highest BCUT2D eigenvalue weighted by atomic mass is 16.6. The van der Waals surface area contributed by atoms with Gasteiger partial charge in [-0.2, -0.15) is 5.90 Å². The third-order valence-electron chi connectivity index (χ3n) is 1.31. The Kier molecular flexibility index (Phi) is 3.90. The maximum Gasteiger partial charge on any atom is 0.129 e. The Balaban J connectivity index is 4.40. The van der Waals surface area contributed by atoms with Gasteiger partial charge in [0.05, 0.1) is 0 Å². The molecule has 2 heteroatoms. The first-order valence-corrected chi connectivity index (χ1v) is 3.72. The van der Waals surface area contributed by atoms with E-state index in [4.69, 9.17) is 10.7 Å². The molecular weight excluding hydrogens is 138 g/mol.